The van der Waals surface area contributed by atoms with Gasteiger partial charge in [0, 0.05) is 12.1 Å². The largest absolute Gasteiger partial charge is 0.311 e. The lowest BCUT2D eigenvalue weighted by atomic mass is 9.95. The van der Waals surface area contributed by atoms with Crippen LogP contribution in [0.25, 0.3) is 0 Å². The third kappa shape index (κ3) is 5.42. The highest BCUT2D eigenvalue weighted by Crippen LogP contribution is 2.27. The molecule has 0 aromatic heterocycles. The molecule has 102 valence electrons. The van der Waals surface area contributed by atoms with Gasteiger partial charge >= 0.3 is 0 Å². The molecule has 0 saturated heterocycles. The lowest BCUT2D eigenvalue weighted by Gasteiger charge is -2.26. The maximum atomic E-state index is 3.87. The molecular weight excluding hydrogens is 206 g/mol. The standard InChI is InChI=1S/C16H33N/c1-5-8-15-9-7-10-16(12-11-15)17-14(4)13(3)6-2/h13-17H,5-12H2,1-4H3. The second-order valence-corrected chi connectivity index (χ2v) is 6.20. The lowest BCUT2D eigenvalue weighted by Crippen LogP contribution is -2.39. The van der Waals surface area contributed by atoms with E-state index >= 15 is 0 Å². The molecule has 17 heavy (non-hydrogen) atoms. The van der Waals surface area contributed by atoms with Crippen molar-refractivity contribution in [2.45, 2.75) is 91.1 Å². The highest BCUT2D eigenvalue weighted by atomic mass is 14.9. The van der Waals surface area contributed by atoms with Crippen LogP contribution in [0.3, 0.4) is 0 Å². The molecule has 0 radical (unpaired) electrons. The average Bonchev–Trinajstić information content (AvgIpc) is 2.54. The summed E-state index contributed by atoms with van der Waals surface area (Å²) in [6, 6.07) is 1.48. The summed E-state index contributed by atoms with van der Waals surface area (Å²) < 4.78 is 0. The Labute approximate surface area is 109 Å². The van der Waals surface area contributed by atoms with E-state index in [0.717, 1.165) is 17.9 Å². The third-order valence-corrected chi connectivity index (χ3v) is 4.78. The molecule has 1 rings (SSSR count). The SMILES string of the molecule is CCCC1CCCC(NC(C)C(C)CC)CC1. The maximum Gasteiger partial charge on any atom is 0.00697 e. The summed E-state index contributed by atoms with van der Waals surface area (Å²) in [6.45, 7) is 9.36. The summed E-state index contributed by atoms with van der Waals surface area (Å²) in [5.41, 5.74) is 0. The monoisotopic (exact) mass is 239 g/mol. The van der Waals surface area contributed by atoms with Crippen LogP contribution in [0.15, 0.2) is 0 Å². The van der Waals surface area contributed by atoms with Gasteiger partial charge in [-0.05, 0) is 38.0 Å². The quantitative estimate of drug-likeness (QED) is 0.659. The predicted octanol–water partition coefficient (Wildman–Crippen LogP) is 4.76. The minimum Gasteiger partial charge on any atom is -0.311 e. The van der Waals surface area contributed by atoms with Crippen LogP contribution < -0.4 is 5.32 Å². The van der Waals surface area contributed by atoms with Crippen LogP contribution in [0.4, 0.5) is 0 Å². The molecule has 1 aliphatic carbocycles. The molecule has 0 spiro atoms. The Morgan fingerprint density at radius 1 is 1.06 bits per heavy atom. The molecule has 0 aliphatic heterocycles. The minimum absolute atomic E-state index is 0.688. The predicted molar refractivity (Wildman–Crippen MR) is 77.3 cm³/mol. The zero-order chi connectivity index (χ0) is 12.7. The van der Waals surface area contributed by atoms with E-state index in [1.807, 2.05) is 0 Å². The van der Waals surface area contributed by atoms with Gasteiger partial charge < -0.3 is 5.32 Å². The lowest BCUT2D eigenvalue weighted by molar-refractivity contribution is 0.326. The van der Waals surface area contributed by atoms with E-state index in [9.17, 15) is 0 Å². The van der Waals surface area contributed by atoms with E-state index in [4.69, 9.17) is 0 Å². The van der Waals surface area contributed by atoms with Gasteiger partial charge in [0.2, 0.25) is 0 Å². The van der Waals surface area contributed by atoms with Crippen molar-refractivity contribution in [2.75, 3.05) is 0 Å². The van der Waals surface area contributed by atoms with Gasteiger partial charge in [-0.2, -0.15) is 0 Å². The van der Waals surface area contributed by atoms with Crippen LogP contribution in [0.1, 0.15) is 79.1 Å². The Morgan fingerprint density at radius 3 is 2.47 bits per heavy atom. The summed E-state index contributed by atoms with van der Waals surface area (Å²) >= 11 is 0. The molecule has 1 heteroatoms. The molecule has 0 aromatic carbocycles. The first-order chi connectivity index (χ1) is 8.17. The fraction of sp³-hybridized carbons (Fsp3) is 1.00. The van der Waals surface area contributed by atoms with Gasteiger partial charge in [0.15, 0.2) is 0 Å². The van der Waals surface area contributed by atoms with Crippen molar-refractivity contribution in [1.29, 1.82) is 0 Å². The summed E-state index contributed by atoms with van der Waals surface area (Å²) in [6.07, 6.45) is 11.3. The van der Waals surface area contributed by atoms with Crippen molar-refractivity contribution in [3.05, 3.63) is 0 Å². The smallest absolute Gasteiger partial charge is 0.00697 e. The Morgan fingerprint density at radius 2 is 1.82 bits per heavy atom. The van der Waals surface area contributed by atoms with Gasteiger partial charge in [-0.1, -0.05) is 52.9 Å². The molecule has 4 unspecified atom stereocenters. The second-order valence-electron chi connectivity index (χ2n) is 6.20. The van der Waals surface area contributed by atoms with Crippen LogP contribution in [0, 0.1) is 11.8 Å². The van der Waals surface area contributed by atoms with Crippen molar-refractivity contribution in [2.24, 2.45) is 11.8 Å². The normalized spacial score (nSPS) is 29.6. The van der Waals surface area contributed by atoms with E-state index in [1.54, 1.807) is 0 Å². The van der Waals surface area contributed by atoms with Gasteiger partial charge in [-0.3, -0.25) is 0 Å². The van der Waals surface area contributed by atoms with Gasteiger partial charge in [0.05, 0.1) is 0 Å². The molecule has 1 saturated carbocycles. The van der Waals surface area contributed by atoms with Gasteiger partial charge in [0.25, 0.3) is 0 Å². The van der Waals surface area contributed by atoms with E-state index in [1.165, 1.54) is 51.4 Å². The number of rotatable bonds is 6. The molecule has 1 nitrogen and oxygen atoms in total. The highest BCUT2D eigenvalue weighted by molar-refractivity contribution is 4.79. The summed E-state index contributed by atoms with van der Waals surface area (Å²) in [5.74, 6) is 1.83. The molecular formula is C16H33N. The van der Waals surface area contributed by atoms with Crippen LogP contribution >= 0.6 is 0 Å². The Hall–Kier alpha value is -0.0400. The molecule has 0 bridgehead atoms. The van der Waals surface area contributed by atoms with Crippen LogP contribution in [-0.4, -0.2) is 12.1 Å². The molecule has 1 fully saturated rings. The van der Waals surface area contributed by atoms with Crippen LogP contribution in [0.5, 0.6) is 0 Å². The first kappa shape index (κ1) is 15.0. The summed E-state index contributed by atoms with van der Waals surface area (Å²) in [5, 5.41) is 3.87. The topological polar surface area (TPSA) is 12.0 Å². The van der Waals surface area contributed by atoms with Crippen molar-refractivity contribution in [3.8, 4) is 0 Å². The Kier molecular flexibility index (Phi) is 7.18. The maximum absolute atomic E-state index is 3.87. The zero-order valence-corrected chi connectivity index (χ0v) is 12.5. The fourth-order valence-corrected chi connectivity index (χ4v) is 3.13. The van der Waals surface area contributed by atoms with Crippen molar-refractivity contribution in [1.82, 2.24) is 5.32 Å². The number of nitrogens with one attached hydrogen (secondary N) is 1. The van der Waals surface area contributed by atoms with Gasteiger partial charge in [0.1, 0.15) is 0 Å². The van der Waals surface area contributed by atoms with Crippen molar-refractivity contribution >= 4 is 0 Å². The van der Waals surface area contributed by atoms with Gasteiger partial charge in [-0.15, -0.1) is 0 Å². The van der Waals surface area contributed by atoms with Crippen LogP contribution in [0.2, 0.25) is 0 Å². The van der Waals surface area contributed by atoms with E-state index in [-0.39, 0.29) is 0 Å². The first-order valence-corrected chi connectivity index (χ1v) is 7.93. The number of hydrogen-bond donors (Lipinski definition) is 1. The molecule has 1 aliphatic rings. The molecule has 0 amide bonds. The highest BCUT2D eigenvalue weighted by Gasteiger charge is 2.20. The van der Waals surface area contributed by atoms with E-state index < -0.39 is 0 Å². The van der Waals surface area contributed by atoms with E-state index in [0.29, 0.717) is 6.04 Å². The first-order valence-electron chi connectivity index (χ1n) is 7.93. The summed E-state index contributed by atoms with van der Waals surface area (Å²) in [4.78, 5) is 0. The molecule has 1 N–H and O–H groups in total. The van der Waals surface area contributed by atoms with E-state index in [2.05, 4.69) is 33.0 Å². The summed E-state index contributed by atoms with van der Waals surface area (Å²) in [7, 11) is 0. The third-order valence-electron chi connectivity index (χ3n) is 4.78. The van der Waals surface area contributed by atoms with Crippen molar-refractivity contribution < 1.29 is 0 Å². The minimum atomic E-state index is 0.688. The Balaban J connectivity index is 2.31. The number of hydrogen-bond acceptors (Lipinski definition) is 1. The van der Waals surface area contributed by atoms with Crippen LogP contribution in [-0.2, 0) is 0 Å². The van der Waals surface area contributed by atoms with Gasteiger partial charge in [-0.25, -0.2) is 0 Å². The molecule has 4 atom stereocenters. The molecule has 0 aromatic rings. The molecule has 0 heterocycles. The van der Waals surface area contributed by atoms with Crippen molar-refractivity contribution in [3.63, 3.8) is 0 Å². The second kappa shape index (κ2) is 8.13. The zero-order valence-electron chi connectivity index (χ0n) is 12.5. The Bertz CT molecular complexity index is 190. The fourth-order valence-electron chi connectivity index (χ4n) is 3.13. The average molecular weight is 239 g/mol.